The minimum atomic E-state index is -0.479. The van der Waals surface area contributed by atoms with Gasteiger partial charge in [-0.05, 0) is 32.0 Å². The molecule has 7 nitrogen and oxygen atoms in total. The van der Waals surface area contributed by atoms with Gasteiger partial charge < -0.3 is 14.6 Å². The summed E-state index contributed by atoms with van der Waals surface area (Å²) in [7, 11) is 1.31. The van der Waals surface area contributed by atoms with Crippen LogP contribution in [0, 0.1) is 6.92 Å². The Hall–Kier alpha value is -2.36. The van der Waals surface area contributed by atoms with Gasteiger partial charge in [-0.25, -0.2) is 4.79 Å². The van der Waals surface area contributed by atoms with E-state index in [0.29, 0.717) is 33.1 Å². The molecule has 2 heterocycles. The molecule has 1 aromatic carbocycles. The second-order valence-electron chi connectivity index (χ2n) is 5.96. The summed E-state index contributed by atoms with van der Waals surface area (Å²) in [5.41, 5.74) is 1.14. The summed E-state index contributed by atoms with van der Waals surface area (Å²) in [4.78, 5) is 25.2. The third kappa shape index (κ3) is 4.80. The predicted octanol–water partition coefficient (Wildman–Crippen LogP) is 4.51. The molecule has 10 heteroatoms. The first kappa shape index (κ1) is 21.4. The normalized spacial score (nSPS) is 10.8. The number of esters is 1. The smallest absolute Gasteiger partial charge is 0.340 e. The van der Waals surface area contributed by atoms with E-state index in [0.717, 1.165) is 10.4 Å². The van der Waals surface area contributed by atoms with Crippen molar-refractivity contribution in [2.75, 3.05) is 18.2 Å². The summed E-state index contributed by atoms with van der Waals surface area (Å²) in [5, 5.41) is 12.9. The van der Waals surface area contributed by atoms with E-state index in [4.69, 9.17) is 16.3 Å². The van der Waals surface area contributed by atoms with Crippen molar-refractivity contribution >= 4 is 51.6 Å². The molecule has 1 amide bonds. The van der Waals surface area contributed by atoms with Crippen molar-refractivity contribution in [1.29, 1.82) is 0 Å². The Bertz CT molecular complexity index is 1050. The molecule has 29 heavy (non-hydrogen) atoms. The van der Waals surface area contributed by atoms with Crippen molar-refractivity contribution in [3.63, 3.8) is 0 Å². The highest BCUT2D eigenvalue weighted by Crippen LogP contribution is 2.30. The zero-order valence-corrected chi connectivity index (χ0v) is 18.5. The average Bonchev–Trinajstić information content (AvgIpc) is 3.28. The molecule has 0 saturated carbocycles. The molecule has 0 saturated heterocycles. The number of ether oxygens (including phenoxy) is 1. The van der Waals surface area contributed by atoms with Gasteiger partial charge in [-0.15, -0.1) is 21.5 Å². The Kier molecular flexibility index (Phi) is 6.94. The minimum Gasteiger partial charge on any atom is -0.465 e. The summed E-state index contributed by atoms with van der Waals surface area (Å²) < 4.78 is 6.68. The lowest BCUT2D eigenvalue weighted by Crippen LogP contribution is -2.16. The maximum atomic E-state index is 12.4. The van der Waals surface area contributed by atoms with Crippen LogP contribution < -0.4 is 5.32 Å². The zero-order valence-electron chi connectivity index (χ0n) is 16.1. The quantitative estimate of drug-likeness (QED) is 0.421. The van der Waals surface area contributed by atoms with Gasteiger partial charge in [-0.1, -0.05) is 35.5 Å². The van der Waals surface area contributed by atoms with E-state index in [1.54, 1.807) is 12.1 Å². The van der Waals surface area contributed by atoms with Crippen molar-refractivity contribution in [3.8, 4) is 11.4 Å². The van der Waals surface area contributed by atoms with Gasteiger partial charge in [0.15, 0.2) is 11.0 Å². The van der Waals surface area contributed by atoms with Gasteiger partial charge >= 0.3 is 5.97 Å². The summed E-state index contributed by atoms with van der Waals surface area (Å²) >= 11 is 8.88. The maximum Gasteiger partial charge on any atom is 0.340 e. The van der Waals surface area contributed by atoms with E-state index in [9.17, 15) is 9.59 Å². The van der Waals surface area contributed by atoms with Crippen LogP contribution in [0.4, 0.5) is 5.00 Å². The molecule has 0 aliphatic heterocycles. The van der Waals surface area contributed by atoms with Gasteiger partial charge in [-0.2, -0.15) is 0 Å². The maximum absolute atomic E-state index is 12.4. The number of halogens is 1. The zero-order chi connectivity index (χ0) is 21.0. The lowest BCUT2D eigenvalue weighted by Gasteiger charge is -2.08. The van der Waals surface area contributed by atoms with Gasteiger partial charge in [0.05, 0.1) is 23.4 Å². The van der Waals surface area contributed by atoms with E-state index >= 15 is 0 Å². The molecule has 2 aromatic heterocycles. The lowest BCUT2D eigenvalue weighted by atomic mass is 10.2. The van der Waals surface area contributed by atoms with Gasteiger partial charge in [0, 0.05) is 17.0 Å². The number of thiophene rings is 1. The number of carbonyl (C=O) groups excluding carboxylic acids is 2. The molecular weight excluding hydrogens is 432 g/mol. The van der Waals surface area contributed by atoms with Crippen molar-refractivity contribution in [2.45, 2.75) is 25.5 Å². The number of nitrogens with zero attached hydrogens (tertiary/aromatic N) is 3. The van der Waals surface area contributed by atoms with Gasteiger partial charge in [0.2, 0.25) is 5.91 Å². The fraction of sp³-hybridized carbons (Fsp3) is 0.263. The highest BCUT2D eigenvalue weighted by Gasteiger charge is 2.19. The number of hydrogen-bond acceptors (Lipinski definition) is 7. The number of benzene rings is 1. The second kappa shape index (κ2) is 9.43. The first-order valence-electron chi connectivity index (χ1n) is 8.74. The second-order valence-corrected chi connectivity index (χ2v) is 8.56. The van der Waals surface area contributed by atoms with E-state index in [2.05, 4.69) is 15.5 Å². The minimum absolute atomic E-state index is 0.123. The molecule has 0 radical (unpaired) electrons. The monoisotopic (exact) mass is 450 g/mol. The summed E-state index contributed by atoms with van der Waals surface area (Å²) in [6.07, 6.45) is 0. The van der Waals surface area contributed by atoms with E-state index in [-0.39, 0.29) is 11.7 Å². The van der Waals surface area contributed by atoms with Crippen molar-refractivity contribution < 1.29 is 14.3 Å². The van der Waals surface area contributed by atoms with Crippen molar-refractivity contribution in [3.05, 3.63) is 45.8 Å². The van der Waals surface area contributed by atoms with Crippen LogP contribution in [-0.2, 0) is 16.1 Å². The number of amides is 1. The number of nitrogens with one attached hydrogen (secondary N) is 1. The first-order valence-corrected chi connectivity index (χ1v) is 10.9. The number of aryl methyl sites for hydroxylation is 1. The van der Waals surface area contributed by atoms with Crippen LogP contribution in [0.25, 0.3) is 11.4 Å². The summed E-state index contributed by atoms with van der Waals surface area (Å²) in [6, 6.07) is 9.12. The highest BCUT2D eigenvalue weighted by atomic mass is 35.5. The number of hydrogen-bond donors (Lipinski definition) is 1. The number of thioether (sulfide) groups is 1. The number of methoxy groups -OCH3 is 1. The summed E-state index contributed by atoms with van der Waals surface area (Å²) in [6.45, 7) is 4.47. The number of rotatable bonds is 7. The standard InChI is InChI=1S/C19H19ClN4O3S2/c1-4-24-16(12-7-5-6-8-14(12)20)22-23-19(24)28-10-15(25)21-17-13(18(26)27-3)9-11(2)29-17/h5-9H,4,10H2,1-3H3,(H,21,25). The molecular formula is C19H19ClN4O3S2. The molecule has 1 N–H and O–H groups in total. The van der Waals surface area contributed by atoms with Crippen LogP contribution in [0.5, 0.6) is 0 Å². The Balaban J connectivity index is 1.72. The Morgan fingerprint density at radius 2 is 2.07 bits per heavy atom. The Morgan fingerprint density at radius 3 is 2.76 bits per heavy atom. The third-order valence-corrected chi connectivity index (χ3v) is 6.26. The predicted molar refractivity (Wildman–Crippen MR) is 116 cm³/mol. The van der Waals surface area contributed by atoms with Crippen LogP contribution in [-0.4, -0.2) is 39.5 Å². The van der Waals surface area contributed by atoms with Gasteiger partial charge in [0.25, 0.3) is 0 Å². The largest absolute Gasteiger partial charge is 0.465 e. The molecule has 0 bridgehead atoms. The summed E-state index contributed by atoms with van der Waals surface area (Å²) in [5.74, 6) is 0.0558. The van der Waals surface area contributed by atoms with Crippen LogP contribution in [0.2, 0.25) is 5.02 Å². The SMILES string of the molecule is CCn1c(SCC(=O)Nc2sc(C)cc2C(=O)OC)nnc1-c1ccccc1Cl. The van der Waals surface area contributed by atoms with E-state index in [1.165, 1.54) is 30.2 Å². The van der Waals surface area contributed by atoms with Gasteiger partial charge in [0.1, 0.15) is 5.00 Å². The van der Waals surface area contributed by atoms with Crippen LogP contribution in [0.15, 0.2) is 35.5 Å². The van der Waals surface area contributed by atoms with Crippen molar-refractivity contribution in [2.24, 2.45) is 0 Å². The van der Waals surface area contributed by atoms with Crippen LogP contribution >= 0.6 is 34.7 Å². The Labute approximate surface area is 181 Å². The van der Waals surface area contributed by atoms with E-state index < -0.39 is 5.97 Å². The van der Waals surface area contributed by atoms with Crippen molar-refractivity contribution in [1.82, 2.24) is 14.8 Å². The number of anilines is 1. The molecule has 0 aliphatic carbocycles. The Morgan fingerprint density at radius 1 is 1.31 bits per heavy atom. The van der Waals surface area contributed by atoms with Crippen LogP contribution in [0.1, 0.15) is 22.2 Å². The third-order valence-electron chi connectivity index (χ3n) is 3.99. The highest BCUT2D eigenvalue weighted by molar-refractivity contribution is 7.99. The molecule has 3 rings (SSSR count). The van der Waals surface area contributed by atoms with Crippen LogP contribution in [0.3, 0.4) is 0 Å². The lowest BCUT2D eigenvalue weighted by molar-refractivity contribution is -0.113. The van der Waals surface area contributed by atoms with Gasteiger partial charge in [-0.3, -0.25) is 4.79 Å². The number of aromatic nitrogens is 3. The first-order chi connectivity index (χ1) is 13.9. The molecule has 0 fully saturated rings. The number of carbonyl (C=O) groups is 2. The molecule has 0 unspecified atom stereocenters. The average molecular weight is 451 g/mol. The molecule has 3 aromatic rings. The fourth-order valence-corrected chi connectivity index (χ4v) is 4.62. The van der Waals surface area contributed by atoms with E-state index in [1.807, 2.05) is 36.6 Å². The molecule has 152 valence electrons. The molecule has 0 atom stereocenters. The molecule has 0 spiro atoms. The molecule has 0 aliphatic rings. The fourth-order valence-electron chi connectivity index (χ4n) is 2.68. The topological polar surface area (TPSA) is 86.1 Å².